The van der Waals surface area contributed by atoms with Gasteiger partial charge < -0.3 is 14.8 Å². The van der Waals surface area contributed by atoms with Gasteiger partial charge in [0.1, 0.15) is 23.0 Å². The van der Waals surface area contributed by atoms with E-state index >= 15 is 0 Å². The molecule has 8 nitrogen and oxygen atoms in total. The van der Waals surface area contributed by atoms with Crippen molar-refractivity contribution < 1.29 is 38.8 Å². The van der Waals surface area contributed by atoms with Gasteiger partial charge >= 0.3 is 11.9 Å². The van der Waals surface area contributed by atoms with E-state index < -0.39 is 29.6 Å². The quantitative estimate of drug-likeness (QED) is 0.430. The highest BCUT2D eigenvalue weighted by Crippen LogP contribution is 2.66. The fraction of sp³-hybridized carbons (Fsp3) is 0.703. The lowest BCUT2D eigenvalue weighted by atomic mass is 9.44. The molecule has 8 heteroatoms. The lowest BCUT2D eigenvalue weighted by molar-refractivity contribution is -0.668. The van der Waals surface area contributed by atoms with Crippen LogP contribution >= 0.6 is 0 Å². The van der Waals surface area contributed by atoms with Gasteiger partial charge in [0.05, 0.1) is 13.1 Å². The molecule has 4 aliphatic carbocycles. The molecule has 0 amide bonds. The highest BCUT2D eigenvalue weighted by molar-refractivity contribution is 5.93. The lowest BCUT2D eigenvalue weighted by Crippen LogP contribution is -2.87. The molecule has 0 aromatic heterocycles. The summed E-state index contributed by atoms with van der Waals surface area (Å²) in [7, 11) is 0. The molecule has 0 radical (unpaired) electrons. The van der Waals surface area contributed by atoms with Gasteiger partial charge in [-0.25, -0.2) is 4.79 Å². The smallest absolute Gasteiger partial charge is 0.345 e. The Labute approximate surface area is 266 Å². The first-order chi connectivity index (χ1) is 21.5. The number of esters is 2. The molecule has 1 heterocycles. The summed E-state index contributed by atoms with van der Waals surface area (Å²) in [5, 5.41) is 2.21. The minimum Gasteiger partial charge on any atom is -0.454 e. The van der Waals surface area contributed by atoms with Crippen LogP contribution in [0, 0.1) is 46.3 Å². The molecule has 8 atom stereocenters. The Balaban J connectivity index is 1.04. The standard InChI is InChI=1S/C37H49NO7/c1-23(9-12-32(42)44-22-33(43)45-37(15-17-38-18-16-37)24-7-5-4-6-8-24)27-10-11-28-34-29(21-31(41)36(27,28)3)35(2)14-13-26(39)19-25(35)20-30(34)40/h4-8,23,25,27-29,34,38H,9-22H2,1-3H3/p+1/t23-,25+,27-,28+,29+,34+,35+,36-/m1/s1. The third-order valence-corrected chi connectivity index (χ3v) is 13.2. The summed E-state index contributed by atoms with van der Waals surface area (Å²) in [6.45, 7) is 7.73. The number of benzene rings is 1. The van der Waals surface area contributed by atoms with Gasteiger partial charge in [-0.1, -0.05) is 51.1 Å². The van der Waals surface area contributed by atoms with Crippen molar-refractivity contribution in [3.05, 3.63) is 35.9 Å². The van der Waals surface area contributed by atoms with Gasteiger partial charge in [0, 0.05) is 56.3 Å². The maximum Gasteiger partial charge on any atom is 0.345 e. The predicted molar refractivity (Wildman–Crippen MR) is 165 cm³/mol. The van der Waals surface area contributed by atoms with Crippen LogP contribution in [0.15, 0.2) is 30.3 Å². The van der Waals surface area contributed by atoms with E-state index in [9.17, 15) is 24.0 Å². The summed E-state index contributed by atoms with van der Waals surface area (Å²) >= 11 is 0. The summed E-state index contributed by atoms with van der Waals surface area (Å²) in [6.07, 6.45) is 6.54. The second-order valence-electron chi connectivity index (χ2n) is 15.3. The van der Waals surface area contributed by atoms with E-state index in [-0.39, 0.29) is 64.7 Å². The van der Waals surface area contributed by atoms with Gasteiger partial charge in [-0.05, 0) is 66.3 Å². The topological polar surface area (TPSA) is 120 Å². The van der Waals surface area contributed by atoms with Crippen LogP contribution in [-0.4, -0.2) is 49.0 Å². The molecule has 0 spiro atoms. The molecule has 4 saturated carbocycles. The zero-order valence-corrected chi connectivity index (χ0v) is 27.2. The van der Waals surface area contributed by atoms with E-state index in [1.54, 1.807) is 0 Å². The molecular weight excluding hydrogens is 570 g/mol. The molecule has 2 N–H and O–H groups in total. The minimum absolute atomic E-state index is 0.0233. The lowest BCUT2D eigenvalue weighted by Gasteiger charge is -2.58. The number of carbonyl (C=O) groups is 5. The van der Waals surface area contributed by atoms with Crippen LogP contribution in [0.25, 0.3) is 0 Å². The molecule has 6 rings (SSSR count). The fourth-order valence-corrected chi connectivity index (χ4v) is 10.5. The van der Waals surface area contributed by atoms with Crippen molar-refractivity contribution in [2.24, 2.45) is 46.3 Å². The molecule has 1 aromatic carbocycles. The molecule has 45 heavy (non-hydrogen) atoms. The molecule has 1 aromatic rings. The molecule has 1 saturated heterocycles. The monoisotopic (exact) mass is 620 g/mol. The third-order valence-electron chi connectivity index (χ3n) is 13.2. The number of carbonyl (C=O) groups excluding carboxylic acids is 5. The third kappa shape index (κ3) is 5.70. The fourth-order valence-electron chi connectivity index (χ4n) is 10.5. The average Bonchev–Trinajstić information content (AvgIpc) is 3.39. The summed E-state index contributed by atoms with van der Waals surface area (Å²) in [4.78, 5) is 65.6. The summed E-state index contributed by atoms with van der Waals surface area (Å²) in [5.74, 6) is -0.0286. The Hall–Kier alpha value is -2.87. The normalized spacial score (nSPS) is 36.3. The van der Waals surface area contributed by atoms with Gasteiger partial charge in [-0.15, -0.1) is 0 Å². The number of hydrogen-bond acceptors (Lipinski definition) is 7. The van der Waals surface area contributed by atoms with Crippen LogP contribution in [0.1, 0.15) is 97.0 Å². The number of Topliss-reactive ketones (excluding diaryl/α,β-unsaturated/α-hetero) is 3. The number of ether oxygens (including phenoxy) is 2. The summed E-state index contributed by atoms with van der Waals surface area (Å²) in [6, 6.07) is 9.79. The van der Waals surface area contributed by atoms with Crippen molar-refractivity contribution in [1.29, 1.82) is 0 Å². The van der Waals surface area contributed by atoms with Crippen LogP contribution in [0.2, 0.25) is 0 Å². The van der Waals surface area contributed by atoms with Gasteiger partial charge in [0.15, 0.2) is 6.61 Å². The van der Waals surface area contributed by atoms with E-state index in [4.69, 9.17) is 9.47 Å². The van der Waals surface area contributed by atoms with Crippen LogP contribution < -0.4 is 5.32 Å². The molecule has 244 valence electrons. The van der Waals surface area contributed by atoms with E-state index in [0.29, 0.717) is 44.9 Å². The summed E-state index contributed by atoms with van der Waals surface area (Å²) in [5.41, 5.74) is -0.438. The number of nitrogens with two attached hydrogens (primary N) is 1. The summed E-state index contributed by atoms with van der Waals surface area (Å²) < 4.78 is 11.4. The van der Waals surface area contributed by atoms with Crippen molar-refractivity contribution in [2.75, 3.05) is 19.7 Å². The van der Waals surface area contributed by atoms with Crippen LogP contribution in [-0.2, 0) is 39.0 Å². The number of hydrogen-bond donors (Lipinski definition) is 1. The Morgan fingerprint density at radius 1 is 0.933 bits per heavy atom. The number of quaternary nitrogens is 1. The Morgan fingerprint density at radius 3 is 2.40 bits per heavy atom. The minimum atomic E-state index is -0.694. The van der Waals surface area contributed by atoms with Crippen molar-refractivity contribution in [2.45, 2.75) is 97.0 Å². The molecule has 0 unspecified atom stereocenters. The SMILES string of the molecule is C[C@H](CCC(=O)OCC(=O)OC1(c2ccccc2)CC[NH2+]CC1)[C@H]1CC[C@H]2[C@@H]3C(=O)C[C@@H]4CC(=O)CC[C@]4(C)[C@H]3CC(=O)[C@]12C. The van der Waals surface area contributed by atoms with Crippen LogP contribution in [0.3, 0.4) is 0 Å². The Bertz CT molecular complexity index is 1340. The van der Waals surface area contributed by atoms with E-state index in [1.165, 1.54) is 0 Å². The van der Waals surface area contributed by atoms with Crippen molar-refractivity contribution in [3.8, 4) is 0 Å². The predicted octanol–water partition coefficient (Wildman–Crippen LogP) is 4.33. The van der Waals surface area contributed by atoms with E-state index in [1.807, 2.05) is 30.3 Å². The van der Waals surface area contributed by atoms with Crippen LogP contribution in [0.4, 0.5) is 0 Å². The number of ketones is 3. The van der Waals surface area contributed by atoms with E-state index in [0.717, 1.165) is 37.9 Å². The highest BCUT2D eigenvalue weighted by atomic mass is 16.6. The van der Waals surface area contributed by atoms with Gasteiger partial charge in [-0.3, -0.25) is 19.2 Å². The van der Waals surface area contributed by atoms with Crippen molar-refractivity contribution in [3.63, 3.8) is 0 Å². The number of rotatable bonds is 8. The van der Waals surface area contributed by atoms with Crippen molar-refractivity contribution >= 4 is 29.3 Å². The van der Waals surface area contributed by atoms with Gasteiger partial charge in [0.25, 0.3) is 0 Å². The molecule has 5 fully saturated rings. The maximum atomic E-state index is 14.0. The second kappa shape index (κ2) is 12.4. The van der Waals surface area contributed by atoms with Crippen LogP contribution in [0.5, 0.6) is 0 Å². The molecule has 0 bridgehead atoms. The van der Waals surface area contributed by atoms with E-state index in [2.05, 4.69) is 26.1 Å². The van der Waals surface area contributed by atoms with Gasteiger partial charge in [0.2, 0.25) is 0 Å². The first kappa shape index (κ1) is 32.1. The molecule has 5 aliphatic rings. The molecular formula is C37H50NO7+. The zero-order valence-electron chi connectivity index (χ0n) is 27.2. The largest absolute Gasteiger partial charge is 0.454 e. The average molecular weight is 621 g/mol. The molecule has 1 aliphatic heterocycles. The van der Waals surface area contributed by atoms with Gasteiger partial charge in [-0.2, -0.15) is 0 Å². The van der Waals surface area contributed by atoms with Crippen molar-refractivity contribution in [1.82, 2.24) is 0 Å². The first-order valence-electron chi connectivity index (χ1n) is 17.3. The highest BCUT2D eigenvalue weighted by Gasteiger charge is 2.66. The maximum absolute atomic E-state index is 14.0. The Morgan fingerprint density at radius 2 is 1.67 bits per heavy atom. The first-order valence-corrected chi connectivity index (χ1v) is 17.3. The number of piperidine rings is 1. The second-order valence-corrected chi connectivity index (χ2v) is 15.3. The number of fused-ring (bicyclic) bond motifs is 5. The zero-order chi connectivity index (χ0) is 32.0. The Kier molecular flexibility index (Phi) is 8.83.